The van der Waals surface area contributed by atoms with Gasteiger partial charge in [0.1, 0.15) is 17.5 Å². The number of ether oxygens (including phenoxy) is 2. The lowest BCUT2D eigenvalue weighted by Gasteiger charge is -2.31. The first kappa shape index (κ1) is 23.3. The predicted octanol–water partition coefficient (Wildman–Crippen LogP) is 3.80. The van der Waals surface area contributed by atoms with Crippen LogP contribution in [0.2, 0.25) is 0 Å². The molecule has 2 aromatic rings. The molecule has 30 heavy (non-hydrogen) atoms. The van der Waals surface area contributed by atoms with Crippen molar-refractivity contribution < 1.29 is 19.1 Å². The smallest absolute Gasteiger partial charge is 0.261 e. The number of carbonyl (C=O) groups excluding carboxylic acids is 2. The van der Waals surface area contributed by atoms with Gasteiger partial charge in [-0.1, -0.05) is 44.2 Å². The number of carbonyl (C=O) groups is 2. The first-order chi connectivity index (χ1) is 14.5. The van der Waals surface area contributed by atoms with Gasteiger partial charge in [0.05, 0.1) is 7.11 Å². The highest BCUT2D eigenvalue weighted by molar-refractivity contribution is 5.88. The van der Waals surface area contributed by atoms with E-state index in [1.165, 1.54) is 0 Å². The molecule has 0 radical (unpaired) electrons. The number of benzene rings is 2. The Morgan fingerprint density at radius 2 is 1.70 bits per heavy atom. The van der Waals surface area contributed by atoms with Gasteiger partial charge >= 0.3 is 0 Å². The van der Waals surface area contributed by atoms with Crippen molar-refractivity contribution in [1.82, 2.24) is 10.2 Å². The monoisotopic (exact) mass is 412 g/mol. The molecule has 0 bridgehead atoms. The second-order valence-corrected chi connectivity index (χ2v) is 7.22. The maximum atomic E-state index is 13.1. The van der Waals surface area contributed by atoms with Gasteiger partial charge in [0.25, 0.3) is 5.91 Å². The van der Waals surface area contributed by atoms with E-state index in [1.807, 2.05) is 63.2 Å². The van der Waals surface area contributed by atoms with E-state index in [0.29, 0.717) is 24.5 Å². The van der Waals surface area contributed by atoms with Crippen molar-refractivity contribution >= 4 is 11.8 Å². The largest absolute Gasteiger partial charge is 0.497 e. The zero-order chi connectivity index (χ0) is 21.9. The molecular formula is C24H32N2O4. The van der Waals surface area contributed by atoms with E-state index >= 15 is 0 Å². The molecule has 0 heterocycles. The number of nitrogens with zero attached hydrogens (tertiary/aromatic N) is 1. The first-order valence-electron chi connectivity index (χ1n) is 10.4. The van der Waals surface area contributed by atoms with Gasteiger partial charge in [-0.2, -0.15) is 0 Å². The van der Waals surface area contributed by atoms with Crippen LogP contribution in [0.3, 0.4) is 0 Å². The van der Waals surface area contributed by atoms with Gasteiger partial charge in [0.2, 0.25) is 5.91 Å². The molecule has 0 aliphatic carbocycles. The van der Waals surface area contributed by atoms with E-state index in [-0.39, 0.29) is 24.5 Å². The molecule has 1 N–H and O–H groups in total. The molecule has 162 valence electrons. The lowest BCUT2D eigenvalue weighted by atomic mass is 10.1. The summed E-state index contributed by atoms with van der Waals surface area (Å²) in [5.74, 6) is 0.928. The Balaban J connectivity index is 2.22. The molecular weight excluding hydrogens is 380 g/mol. The van der Waals surface area contributed by atoms with Gasteiger partial charge in [0, 0.05) is 12.6 Å². The summed E-state index contributed by atoms with van der Waals surface area (Å²) in [6.45, 7) is 6.03. The Morgan fingerprint density at radius 1 is 1.00 bits per heavy atom. The molecule has 2 aromatic carbocycles. The Hall–Kier alpha value is -3.02. The van der Waals surface area contributed by atoms with Gasteiger partial charge in [-0.15, -0.1) is 0 Å². The Labute approximate surface area is 179 Å². The maximum absolute atomic E-state index is 13.1. The Morgan fingerprint density at radius 3 is 2.33 bits per heavy atom. The van der Waals surface area contributed by atoms with E-state index in [9.17, 15) is 9.59 Å². The van der Waals surface area contributed by atoms with Crippen LogP contribution in [0.5, 0.6) is 11.5 Å². The summed E-state index contributed by atoms with van der Waals surface area (Å²) in [7, 11) is 1.60. The maximum Gasteiger partial charge on any atom is 0.261 e. The average Bonchev–Trinajstić information content (AvgIpc) is 2.78. The highest BCUT2D eigenvalue weighted by Crippen LogP contribution is 2.18. The summed E-state index contributed by atoms with van der Waals surface area (Å²) < 4.78 is 11.0. The molecule has 0 aliphatic heterocycles. The van der Waals surface area contributed by atoms with Gasteiger partial charge in [-0.25, -0.2) is 0 Å². The number of hydrogen-bond donors (Lipinski definition) is 1. The van der Waals surface area contributed by atoms with Crippen LogP contribution in [-0.2, 0) is 16.1 Å². The molecule has 6 nitrogen and oxygen atoms in total. The second kappa shape index (κ2) is 11.9. The molecule has 0 saturated heterocycles. The van der Waals surface area contributed by atoms with Crippen LogP contribution in [0.15, 0.2) is 54.6 Å². The van der Waals surface area contributed by atoms with Crippen LogP contribution in [0.1, 0.15) is 39.2 Å². The number of para-hydroxylation sites is 1. The summed E-state index contributed by atoms with van der Waals surface area (Å²) in [4.78, 5) is 27.6. The van der Waals surface area contributed by atoms with Gasteiger partial charge in [-0.3, -0.25) is 9.59 Å². The number of hydrogen-bond acceptors (Lipinski definition) is 4. The topological polar surface area (TPSA) is 67.9 Å². The number of rotatable bonds is 11. The standard InChI is InChI=1S/C24H32N2O4/c1-5-18(3)25-24(28)22(6-2)26(16-19-11-10-14-21(15-19)29-4)23(27)17-30-20-12-8-7-9-13-20/h7-15,18,22H,5-6,16-17H2,1-4H3,(H,25,28). The molecule has 2 atom stereocenters. The summed E-state index contributed by atoms with van der Waals surface area (Å²) >= 11 is 0. The summed E-state index contributed by atoms with van der Waals surface area (Å²) in [6, 6.07) is 16.1. The molecule has 2 rings (SSSR count). The van der Waals surface area contributed by atoms with E-state index < -0.39 is 6.04 Å². The quantitative estimate of drug-likeness (QED) is 0.610. The van der Waals surface area contributed by atoms with Crippen molar-refractivity contribution in [2.24, 2.45) is 0 Å². The lowest BCUT2D eigenvalue weighted by molar-refractivity contribution is -0.143. The summed E-state index contributed by atoms with van der Waals surface area (Å²) in [6.07, 6.45) is 1.33. The molecule has 6 heteroatoms. The van der Waals surface area contributed by atoms with Crippen LogP contribution in [0.4, 0.5) is 0 Å². The van der Waals surface area contributed by atoms with Crippen LogP contribution in [0, 0.1) is 0 Å². The van der Waals surface area contributed by atoms with Crippen LogP contribution >= 0.6 is 0 Å². The van der Waals surface area contributed by atoms with Crippen LogP contribution in [-0.4, -0.2) is 42.5 Å². The van der Waals surface area contributed by atoms with Gasteiger partial charge < -0.3 is 19.7 Å². The second-order valence-electron chi connectivity index (χ2n) is 7.22. The third-order valence-electron chi connectivity index (χ3n) is 4.98. The number of amides is 2. The van der Waals surface area contributed by atoms with Crippen molar-refractivity contribution in [3.8, 4) is 11.5 Å². The third-order valence-corrected chi connectivity index (χ3v) is 4.98. The minimum absolute atomic E-state index is 0.0425. The van der Waals surface area contributed by atoms with Crippen molar-refractivity contribution in [1.29, 1.82) is 0 Å². The van der Waals surface area contributed by atoms with E-state index in [4.69, 9.17) is 9.47 Å². The van der Waals surface area contributed by atoms with E-state index in [0.717, 1.165) is 12.0 Å². The minimum atomic E-state index is -0.586. The Bertz CT molecular complexity index is 810. The van der Waals surface area contributed by atoms with E-state index in [2.05, 4.69) is 5.32 Å². The zero-order valence-corrected chi connectivity index (χ0v) is 18.3. The summed E-state index contributed by atoms with van der Waals surface area (Å²) in [5, 5.41) is 3.00. The molecule has 0 aliphatic rings. The highest BCUT2D eigenvalue weighted by atomic mass is 16.5. The van der Waals surface area contributed by atoms with Crippen molar-refractivity contribution in [2.75, 3.05) is 13.7 Å². The molecule has 0 aromatic heterocycles. The minimum Gasteiger partial charge on any atom is -0.497 e. The fourth-order valence-corrected chi connectivity index (χ4v) is 3.07. The molecule has 2 unspecified atom stereocenters. The van der Waals surface area contributed by atoms with Crippen LogP contribution < -0.4 is 14.8 Å². The highest BCUT2D eigenvalue weighted by Gasteiger charge is 2.29. The number of methoxy groups -OCH3 is 1. The predicted molar refractivity (Wildman–Crippen MR) is 117 cm³/mol. The molecule has 0 spiro atoms. The number of nitrogens with one attached hydrogen (secondary N) is 1. The first-order valence-corrected chi connectivity index (χ1v) is 10.4. The van der Waals surface area contributed by atoms with Crippen molar-refractivity contribution in [2.45, 2.75) is 52.2 Å². The fraction of sp³-hybridized carbons (Fsp3) is 0.417. The SMILES string of the molecule is CCC(C)NC(=O)C(CC)N(Cc1cccc(OC)c1)C(=O)COc1ccccc1. The molecule has 2 amide bonds. The van der Waals surface area contributed by atoms with Gasteiger partial charge in [0.15, 0.2) is 6.61 Å². The van der Waals surface area contributed by atoms with Crippen molar-refractivity contribution in [3.05, 3.63) is 60.2 Å². The average molecular weight is 413 g/mol. The normalized spacial score (nSPS) is 12.5. The van der Waals surface area contributed by atoms with Crippen molar-refractivity contribution in [3.63, 3.8) is 0 Å². The third kappa shape index (κ3) is 6.79. The lowest BCUT2D eigenvalue weighted by Crippen LogP contribution is -2.51. The summed E-state index contributed by atoms with van der Waals surface area (Å²) in [5.41, 5.74) is 0.886. The van der Waals surface area contributed by atoms with E-state index in [1.54, 1.807) is 24.1 Å². The van der Waals surface area contributed by atoms with Crippen LogP contribution in [0.25, 0.3) is 0 Å². The molecule has 0 saturated carbocycles. The zero-order valence-electron chi connectivity index (χ0n) is 18.3. The molecule has 0 fully saturated rings. The van der Waals surface area contributed by atoms with Gasteiger partial charge in [-0.05, 0) is 49.6 Å². The fourth-order valence-electron chi connectivity index (χ4n) is 3.07. The Kier molecular flexibility index (Phi) is 9.19.